The first-order valence-electron chi connectivity index (χ1n) is 14.0. The number of piperazine rings is 1. The fourth-order valence-corrected chi connectivity index (χ4v) is 6.12. The summed E-state index contributed by atoms with van der Waals surface area (Å²) in [7, 11) is 0. The molecule has 7 heteroatoms. The second-order valence-corrected chi connectivity index (χ2v) is 12.0. The van der Waals surface area contributed by atoms with Gasteiger partial charge in [0.15, 0.2) is 0 Å². The molecule has 38 heavy (non-hydrogen) atoms. The lowest BCUT2D eigenvalue weighted by atomic mass is 9.88. The highest BCUT2D eigenvalue weighted by atomic mass is 35.5. The summed E-state index contributed by atoms with van der Waals surface area (Å²) in [4.78, 5) is 32.7. The zero-order valence-corrected chi connectivity index (χ0v) is 24.5. The number of likely N-dealkylation sites (tertiary alicyclic amines) is 1. The topological polar surface area (TPSA) is 55.9 Å². The minimum Gasteiger partial charge on any atom is -0.368 e. The van der Waals surface area contributed by atoms with Crippen LogP contribution in [0.15, 0.2) is 42.5 Å². The molecule has 0 bridgehead atoms. The Morgan fingerprint density at radius 2 is 1.61 bits per heavy atom. The Balaban J connectivity index is 1.50. The Labute approximate surface area is 233 Å². The maximum atomic E-state index is 13.9. The molecule has 4 rings (SSSR count). The van der Waals surface area contributed by atoms with Crippen molar-refractivity contribution in [2.24, 2.45) is 11.8 Å². The summed E-state index contributed by atoms with van der Waals surface area (Å²) in [5, 5.41) is 3.88. The van der Waals surface area contributed by atoms with Gasteiger partial charge < -0.3 is 15.1 Å². The third-order valence-corrected chi connectivity index (χ3v) is 8.42. The van der Waals surface area contributed by atoms with Crippen LogP contribution in [0.25, 0.3) is 0 Å². The average Bonchev–Trinajstić information content (AvgIpc) is 3.33. The second-order valence-electron chi connectivity index (χ2n) is 11.6. The summed E-state index contributed by atoms with van der Waals surface area (Å²) < 4.78 is 0. The number of aryl methyl sites for hydroxylation is 1. The van der Waals surface area contributed by atoms with E-state index in [0.717, 1.165) is 42.5 Å². The van der Waals surface area contributed by atoms with Crippen LogP contribution >= 0.6 is 11.6 Å². The predicted octanol–water partition coefficient (Wildman–Crippen LogP) is 5.25. The van der Waals surface area contributed by atoms with E-state index < -0.39 is 0 Å². The number of amides is 2. The van der Waals surface area contributed by atoms with E-state index in [0.29, 0.717) is 19.1 Å². The number of carbonyl (C=O) groups excluding carboxylic acids is 2. The molecule has 2 saturated heterocycles. The number of hydrogen-bond donors (Lipinski definition) is 1. The quantitative estimate of drug-likeness (QED) is 0.523. The minimum absolute atomic E-state index is 0.0196. The van der Waals surface area contributed by atoms with Crippen LogP contribution in [-0.2, 0) is 9.59 Å². The van der Waals surface area contributed by atoms with Crippen LogP contribution < -0.4 is 10.2 Å². The molecule has 2 aliphatic heterocycles. The van der Waals surface area contributed by atoms with E-state index >= 15 is 0 Å². The Morgan fingerprint density at radius 1 is 0.947 bits per heavy atom. The fourth-order valence-electron chi connectivity index (χ4n) is 5.99. The first-order chi connectivity index (χ1) is 18.0. The van der Waals surface area contributed by atoms with Gasteiger partial charge in [-0.1, -0.05) is 55.3 Å². The van der Waals surface area contributed by atoms with Crippen molar-refractivity contribution in [1.82, 2.24) is 15.1 Å². The second kappa shape index (κ2) is 12.1. The number of rotatable bonds is 7. The van der Waals surface area contributed by atoms with Crippen molar-refractivity contribution < 1.29 is 9.59 Å². The van der Waals surface area contributed by atoms with Crippen molar-refractivity contribution in [3.63, 3.8) is 0 Å². The van der Waals surface area contributed by atoms with Gasteiger partial charge >= 0.3 is 0 Å². The Kier molecular flexibility index (Phi) is 9.04. The third-order valence-electron chi connectivity index (χ3n) is 8.17. The molecule has 2 aliphatic rings. The van der Waals surface area contributed by atoms with Crippen molar-refractivity contribution in [1.29, 1.82) is 0 Å². The zero-order valence-electron chi connectivity index (χ0n) is 23.7. The largest absolute Gasteiger partial charge is 0.368 e. The molecule has 206 valence electrons. The van der Waals surface area contributed by atoms with Gasteiger partial charge in [-0.2, -0.15) is 0 Å². The van der Waals surface area contributed by atoms with E-state index in [1.165, 1.54) is 11.1 Å². The van der Waals surface area contributed by atoms with Gasteiger partial charge in [0.25, 0.3) is 0 Å². The molecule has 2 fully saturated rings. The maximum absolute atomic E-state index is 13.9. The van der Waals surface area contributed by atoms with E-state index in [2.05, 4.69) is 85.0 Å². The summed E-state index contributed by atoms with van der Waals surface area (Å²) >= 11 is 6.15. The molecule has 3 atom stereocenters. The molecule has 6 nitrogen and oxygen atoms in total. The molecule has 0 unspecified atom stereocenters. The van der Waals surface area contributed by atoms with Crippen LogP contribution in [0.5, 0.6) is 0 Å². The van der Waals surface area contributed by atoms with E-state index in [4.69, 9.17) is 11.6 Å². The lowest BCUT2D eigenvalue weighted by Crippen LogP contribution is -2.51. The molecule has 2 heterocycles. The van der Waals surface area contributed by atoms with Crippen LogP contribution in [-0.4, -0.2) is 66.9 Å². The first-order valence-corrected chi connectivity index (χ1v) is 14.3. The monoisotopic (exact) mass is 538 g/mol. The molecule has 0 spiro atoms. The number of benzene rings is 2. The molecule has 0 radical (unpaired) electrons. The van der Waals surface area contributed by atoms with Gasteiger partial charge in [-0.15, -0.1) is 0 Å². The molecule has 0 aliphatic carbocycles. The van der Waals surface area contributed by atoms with Crippen LogP contribution in [0.3, 0.4) is 0 Å². The van der Waals surface area contributed by atoms with Crippen molar-refractivity contribution in [3.05, 3.63) is 64.2 Å². The molecule has 0 aromatic heterocycles. The third kappa shape index (κ3) is 6.35. The normalized spacial score (nSPS) is 21.3. The number of nitrogens with one attached hydrogen (secondary N) is 1. The van der Waals surface area contributed by atoms with Crippen molar-refractivity contribution >= 4 is 29.1 Å². The summed E-state index contributed by atoms with van der Waals surface area (Å²) in [6, 6.07) is 14.9. The van der Waals surface area contributed by atoms with Crippen LogP contribution in [0, 0.1) is 18.8 Å². The van der Waals surface area contributed by atoms with Gasteiger partial charge in [-0.25, -0.2) is 0 Å². The van der Waals surface area contributed by atoms with Gasteiger partial charge in [0.2, 0.25) is 11.8 Å². The molecule has 1 N–H and O–H groups in total. The average molecular weight is 539 g/mol. The first kappa shape index (κ1) is 28.4. The van der Waals surface area contributed by atoms with Crippen LogP contribution in [0.2, 0.25) is 5.02 Å². The molecule has 2 aromatic carbocycles. The van der Waals surface area contributed by atoms with Gasteiger partial charge in [0, 0.05) is 68.9 Å². The standard InChI is InChI=1S/C31H43ClN4O2/c1-20(2)30(33-23(6)37)26-17-22(5)7-12-29(26)34-13-15-35(16-14-34)31(38)28-19-36(21(3)4)18-27(28)24-8-10-25(32)11-9-24/h7-12,17,20-21,27-28,30H,13-16,18-19H2,1-6H3,(H,33,37)/t27-,28+,30-/m0/s1. The van der Waals surface area contributed by atoms with Gasteiger partial charge in [-0.3, -0.25) is 14.5 Å². The Hall–Kier alpha value is -2.57. The van der Waals surface area contributed by atoms with Crippen LogP contribution in [0.4, 0.5) is 5.69 Å². The minimum atomic E-state index is -0.0531. The number of carbonyl (C=O) groups is 2. The fraction of sp³-hybridized carbons (Fsp3) is 0.548. The van der Waals surface area contributed by atoms with E-state index in [9.17, 15) is 9.59 Å². The number of anilines is 1. The van der Waals surface area contributed by atoms with Crippen molar-refractivity contribution in [3.8, 4) is 0 Å². The highest BCUT2D eigenvalue weighted by molar-refractivity contribution is 6.30. The van der Waals surface area contributed by atoms with Crippen molar-refractivity contribution in [2.75, 3.05) is 44.2 Å². The number of halogens is 1. The molecule has 0 saturated carbocycles. The number of nitrogens with zero attached hydrogens (tertiary/aromatic N) is 3. The van der Waals surface area contributed by atoms with Gasteiger partial charge in [0.05, 0.1) is 12.0 Å². The number of hydrogen-bond acceptors (Lipinski definition) is 4. The van der Waals surface area contributed by atoms with Crippen molar-refractivity contribution in [2.45, 2.75) is 59.5 Å². The van der Waals surface area contributed by atoms with E-state index in [-0.39, 0.29) is 35.6 Å². The summed E-state index contributed by atoms with van der Waals surface area (Å²) in [5.41, 5.74) is 4.68. The molecular formula is C31H43ClN4O2. The van der Waals surface area contributed by atoms with E-state index in [1.807, 2.05) is 12.1 Å². The Bertz CT molecular complexity index is 1130. The zero-order chi connectivity index (χ0) is 27.6. The lowest BCUT2D eigenvalue weighted by molar-refractivity contribution is -0.135. The summed E-state index contributed by atoms with van der Waals surface area (Å²) in [5.74, 6) is 0.626. The summed E-state index contributed by atoms with van der Waals surface area (Å²) in [6.45, 7) is 17.0. The predicted molar refractivity (Wildman–Crippen MR) is 156 cm³/mol. The maximum Gasteiger partial charge on any atom is 0.227 e. The summed E-state index contributed by atoms with van der Waals surface area (Å²) in [6.07, 6.45) is 0. The Morgan fingerprint density at radius 3 is 2.18 bits per heavy atom. The molecule has 2 aromatic rings. The van der Waals surface area contributed by atoms with Gasteiger partial charge in [0.1, 0.15) is 0 Å². The lowest BCUT2D eigenvalue weighted by Gasteiger charge is -2.39. The highest BCUT2D eigenvalue weighted by Gasteiger charge is 2.41. The van der Waals surface area contributed by atoms with Gasteiger partial charge in [-0.05, 0) is 56.0 Å². The molecular weight excluding hydrogens is 496 g/mol. The SMILES string of the molecule is CC(=O)N[C@H](c1cc(C)ccc1N1CCN(C(=O)[C@@H]2CN(C(C)C)C[C@H]2c2ccc(Cl)cc2)CC1)C(C)C. The van der Waals surface area contributed by atoms with E-state index in [1.54, 1.807) is 6.92 Å². The highest BCUT2D eigenvalue weighted by Crippen LogP contribution is 2.37. The molecule has 2 amide bonds. The van der Waals surface area contributed by atoms with Crippen LogP contribution in [0.1, 0.15) is 63.3 Å². The smallest absolute Gasteiger partial charge is 0.227 e.